The van der Waals surface area contributed by atoms with E-state index in [1.807, 2.05) is 37.3 Å². The number of hydrogen-bond donors (Lipinski definition) is 4. The maximum atomic E-state index is 11.8. The van der Waals surface area contributed by atoms with Crippen molar-refractivity contribution in [1.29, 1.82) is 0 Å². The molecule has 4 rings (SSSR count). The van der Waals surface area contributed by atoms with Gasteiger partial charge in [-0.15, -0.1) is 0 Å². The second kappa shape index (κ2) is 6.63. The molecule has 0 fully saturated rings. The van der Waals surface area contributed by atoms with Crippen LogP contribution in [-0.2, 0) is 11.8 Å². The quantitative estimate of drug-likeness (QED) is 0.426. The highest BCUT2D eigenvalue weighted by molar-refractivity contribution is 5.78. The maximum Gasteiger partial charge on any atom is 0.271 e. The molecule has 0 aliphatic carbocycles. The summed E-state index contributed by atoms with van der Waals surface area (Å²) in [6.45, 7) is 8.18. The number of nitrogens with zero attached hydrogens (tertiary/aromatic N) is 3. The van der Waals surface area contributed by atoms with Crippen LogP contribution in [0.2, 0.25) is 0 Å². The standard InChI is InChI=1S/C20H23N7O/c1-5-13-10-16(22-17-8-11(2)24-26-17)23-19(21-13)20(3,4)12-6-7-14-15(9-12)25-27-18(14)28/h6-10H,5H2,1-4H3,(H2,25,27,28)(H2,21,22,23,24,26). The number of fused-ring (bicyclic) bond motifs is 1. The molecule has 8 heteroatoms. The number of aromatic nitrogens is 6. The van der Waals surface area contributed by atoms with E-state index in [0.717, 1.165) is 28.9 Å². The normalized spacial score (nSPS) is 11.9. The molecular formula is C20H23N7O. The Morgan fingerprint density at radius 3 is 2.61 bits per heavy atom. The van der Waals surface area contributed by atoms with Gasteiger partial charge in [0.05, 0.1) is 10.9 Å². The Hall–Kier alpha value is -3.42. The van der Waals surface area contributed by atoms with Gasteiger partial charge in [0.25, 0.3) is 5.56 Å². The molecule has 0 radical (unpaired) electrons. The van der Waals surface area contributed by atoms with E-state index in [2.05, 4.69) is 46.5 Å². The molecular weight excluding hydrogens is 354 g/mol. The summed E-state index contributed by atoms with van der Waals surface area (Å²) in [7, 11) is 0. The summed E-state index contributed by atoms with van der Waals surface area (Å²) in [5.74, 6) is 2.13. The molecule has 4 N–H and O–H groups in total. The number of hydrogen-bond acceptors (Lipinski definition) is 5. The third-order valence-corrected chi connectivity index (χ3v) is 4.96. The predicted molar refractivity (Wildman–Crippen MR) is 109 cm³/mol. The molecule has 4 aromatic rings. The van der Waals surface area contributed by atoms with Crippen molar-refractivity contribution >= 4 is 22.5 Å². The van der Waals surface area contributed by atoms with Crippen LogP contribution in [0.4, 0.5) is 11.6 Å². The van der Waals surface area contributed by atoms with Crippen LogP contribution in [0, 0.1) is 6.92 Å². The van der Waals surface area contributed by atoms with Crippen molar-refractivity contribution in [2.45, 2.75) is 39.5 Å². The molecule has 0 unspecified atom stereocenters. The summed E-state index contributed by atoms with van der Waals surface area (Å²) in [4.78, 5) is 21.3. The molecule has 28 heavy (non-hydrogen) atoms. The van der Waals surface area contributed by atoms with Crippen molar-refractivity contribution in [3.8, 4) is 0 Å². The molecule has 8 nitrogen and oxygen atoms in total. The van der Waals surface area contributed by atoms with E-state index in [0.29, 0.717) is 22.8 Å². The van der Waals surface area contributed by atoms with E-state index in [9.17, 15) is 4.79 Å². The summed E-state index contributed by atoms with van der Waals surface area (Å²) in [5.41, 5.74) is 3.14. The minimum absolute atomic E-state index is 0.121. The lowest BCUT2D eigenvalue weighted by molar-refractivity contribution is 0.587. The molecule has 3 heterocycles. The summed E-state index contributed by atoms with van der Waals surface area (Å²) in [6, 6.07) is 9.62. The lowest BCUT2D eigenvalue weighted by atomic mass is 9.83. The zero-order chi connectivity index (χ0) is 19.9. The number of rotatable bonds is 5. The highest BCUT2D eigenvalue weighted by Crippen LogP contribution is 2.31. The van der Waals surface area contributed by atoms with Crippen LogP contribution in [0.15, 0.2) is 35.1 Å². The molecule has 0 bridgehead atoms. The molecule has 0 aliphatic rings. The third kappa shape index (κ3) is 3.17. The van der Waals surface area contributed by atoms with Crippen molar-refractivity contribution in [1.82, 2.24) is 30.4 Å². The second-order valence-electron chi connectivity index (χ2n) is 7.45. The van der Waals surface area contributed by atoms with Crippen LogP contribution in [-0.4, -0.2) is 30.4 Å². The number of anilines is 2. The van der Waals surface area contributed by atoms with Crippen LogP contribution in [0.25, 0.3) is 10.9 Å². The van der Waals surface area contributed by atoms with E-state index in [-0.39, 0.29) is 5.56 Å². The molecule has 1 aromatic carbocycles. The molecule has 0 aliphatic heterocycles. The number of aryl methyl sites for hydroxylation is 2. The average molecular weight is 377 g/mol. The molecule has 0 saturated heterocycles. The highest BCUT2D eigenvalue weighted by atomic mass is 16.1. The van der Waals surface area contributed by atoms with Crippen molar-refractivity contribution in [3.05, 3.63) is 63.5 Å². The van der Waals surface area contributed by atoms with Crippen LogP contribution in [0.3, 0.4) is 0 Å². The zero-order valence-corrected chi connectivity index (χ0v) is 16.3. The summed E-state index contributed by atoms with van der Waals surface area (Å²) in [5, 5.41) is 16.6. The molecule has 0 amide bonds. The Morgan fingerprint density at radius 1 is 1.07 bits per heavy atom. The first kappa shape index (κ1) is 18.0. The average Bonchev–Trinajstić information content (AvgIpc) is 3.26. The van der Waals surface area contributed by atoms with Gasteiger partial charge in [0.2, 0.25) is 0 Å². The fraction of sp³-hybridized carbons (Fsp3) is 0.300. The molecule has 3 aromatic heterocycles. The van der Waals surface area contributed by atoms with Crippen LogP contribution in [0.5, 0.6) is 0 Å². The van der Waals surface area contributed by atoms with Gasteiger partial charge in [0.15, 0.2) is 5.82 Å². The minimum atomic E-state index is -0.453. The van der Waals surface area contributed by atoms with Gasteiger partial charge in [-0.3, -0.25) is 20.1 Å². The summed E-state index contributed by atoms with van der Waals surface area (Å²) >= 11 is 0. The SMILES string of the molecule is CCc1cc(Nc2cc(C)[nH]n2)nc(C(C)(C)c2ccc3c(=O)[nH][nH]c3c2)n1. The predicted octanol–water partition coefficient (Wildman–Crippen LogP) is 3.31. The molecule has 0 saturated carbocycles. The van der Waals surface area contributed by atoms with Gasteiger partial charge in [-0.25, -0.2) is 9.97 Å². The first-order valence-electron chi connectivity index (χ1n) is 9.25. The van der Waals surface area contributed by atoms with E-state index in [1.165, 1.54) is 0 Å². The Bertz CT molecular complexity index is 1200. The van der Waals surface area contributed by atoms with E-state index in [4.69, 9.17) is 9.97 Å². The van der Waals surface area contributed by atoms with Crippen molar-refractivity contribution in [2.24, 2.45) is 0 Å². The Morgan fingerprint density at radius 2 is 1.89 bits per heavy atom. The van der Waals surface area contributed by atoms with Crippen LogP contribution < -0.4 is 10.9 Å². The minimum Gasteiger partial charge on any atom is -0.323 e. The number of H-pyrrole nitrogens is 3. The Kier molecular flexibility index (Phi) is 4.26. The smallest absolute Gasteiger partial charge is 0.271 e. The second-order valence-corrected chi connectivity index (χ2v) is 7.45. The van der Waals surface area contributed by atoms with Crippen molar-refractivity contribution < 1.29 is 0 Å². The third-order valence-electron chi connectivity index (χ3n) is 4.96. The van der Waals surface area contributed by atoms with Gasteiger partial charge in [0, 0.05) is 28.9 Å². The molecule has 144 valence electrons. The first-order chi connectivity index (χ1) is 13.4. The van der Waals surface area contributed by atoms with E-state index < -0.39 is 5.41 Å². The van der Waals surface area contributed by atoms with Gasteiger partial charge >= 0.3 is 0 Å². The molecule has 0 atom stereocenters. The number of aromatic amines is 3. The Labute approximate surface area is 161 Å². The lowest BCUT2D eigenvalue weighted by Gasteiger charge is -2.25. The van der Waals surface area contributed by atoms with Gasteiger partial charge < -0.3 is 5.32 Å². The number of nitrogens with one attached hydrogen (secondary N) is 4. The van der Waals surface area contributed by atoms with Gasteiger partial charge in [-0.05, 0) is 44.9 Å². The van der Waals surface area contributed by atoms with Gasteiger partial charge in [0.1, 0.15) is 11.6 Å². The first-order valence-corrected chi connectivity index (χ1v) is 9.25. The van der Waals surface area contributed by atoms with Gasteiger partial charge in [-0.2, -0.15) is 5.10 Å². The van der Waals surface area contributed by atoms with Crippen molar-refractivity contribution in [3.63, 3.8) is 0 Å². The lowest BCUT2D eigenvalue weighted by Crippen LogP contribution is -2.23. The Balaban J connectivity index is 1.76. The van der Waals surface area contributed by atoms with Crippen LogP contribution in [0.1, 0.15) is 43.5 Å². The highest BCUT2D eigenvalue weighted by Gasteiger charge is 2.28. The molecule has 0 spiro atoms. The van der Waals surface area contributed by atoms with E-state index in [1.54, 1.807) is 0 Å². The topological polar surface area (TPSA) is 115 Å². The zero-order valence-electron chi connectivity index (χ0n) is 16.3. The fourth-order valence-electron chi connectivity index (χ4n) is 3.19. The van der Waals surface area contributed by atoms with E-state index >= 15 is 0 Å². The van der Waals surface area contributed by atoms with Gasteiger partial charge in [-0.1, -0.05) is 13.0 Å². The summed E-state index contributed by atoms with van der Waals surface area (Å²) in [6.07, 6.45) is 0.796. The fourth-order valence-corrected chi connectivity index (χ4v) is 3.19. The largest absolute Gasteiger partial charge is 0.323 e. The van der Waals surface area contributed by atoms with Crippen molar-refractivity contribution in [2.75, 3.05) is 5.32 Å². The summed E-state index contributed by atoms with van der Waals surface area (Å²) < 4.78 is 0. The number of benzene rings is 1. The van der Waals surface area contributed by atoms with Crippen LogP contribution >= 0.6 is 0 Å². The maximum absolute atomic E-state index is 11.8. The monoisotopic (exact) mass is 377 g/mol.